The molecule has 2 nitrogen and oxygen atoms in total. The number of nitrogens with two attached hydrogens (primary N) is 1. The van der Waals surface area contributed by atoms with Crippen LogP contribution in [0.2, 0.25) is 0 Å². The first-order chi connectivity index (χ1) is 14.2. The number of hydrogen-bond donors (Lipinski definition) is 1. The Hall–Kier alpha value is -3.41. The monoisotopic (exact) mass is 416 g/mol. The van der Waals surface area contributed by atoms with E-state index < -0.39 is 29.5 Å². The van der Waals surface area contributed by atoms with E-state index in [1.807, 2.05) is 0 Å². The molecule has 3 rings (SSSR count). The van der Waals surface area contributed by atoms with Crippen LogP contribution in [0.1, 0.15) is 17.3 Å². The van der Waals surface area contributed by atoms with Gasteiger partial charge < -0.3 is 10.6 Å². The minimum absolute atomic E-state index is 0.120. The van der Waals surface area contributed by atoms with Crippen LogP contribution in [0.4, 0.5) is 27.6 Å². The molecule has 3 aromatic carbocycles. The molecule has 0 spiro atoms. The standard InChI is InChI=1S/C23H17F5N2/c1-2-13-30(22(29)19-5-3-4-6-20(19)23(26,27)28)17-10-7-15(8-11-17)18-12-9-16(24)14-21(18)25/h3-14,22H,1,29H2. The molecule has 0 heterocycles. The molecule has 0 radical (unpaired) electrons. The van der Waals surface area contributed by atoms with Crippen molar-refractivity contribution in [2.24, 2.45) is 5.73 Å². The van der Waals surface area contributed by atoms with Gasteiger partial charge in [0.2, 0.25) is 0 Å². The van der Waals surface area contributed by atoms with E-state index in [-0.39, 0.29) is 11.1 Å². The van der Waals surface area contributed by atoms with E-state index in [0.717, 1.165) is 18.2 Å². The summed E-state index contributed by atoms with van der Waals surface area (Å²) in [5, 5.41) is 0. The lowest BCUT2D eigenvalue weighted by Crippen LogP contribution is -2.32. The van der Waals surface area contributed by atoms with Crippen LogP contribution < -0.4 is 10.6 Å². The average Bonchev–Trinajstić information content (AvgIpc) is 2.71. The van der Waals surface area contributed by atoms with Crippen LogP contribution in [-0.2, 0) is 6.18 Å². The van der Waals surface area contributed by atoms with Crippen LogP contribution in [0.5, 0.6) is 0 Å². The van der Waals surface area contributed by atoms with Gasteiger partial charge in [0.05, 0.1) is 5.56 Å². The zero-order valence-corrected chi connectivity index (χ0v) is 15.6. The van der Waals surface area contributed by atoms with Crippen molar-refractivity contribution >= 4 is 5.69 Å². The summed E-state index contributed by atoms with van der Waals surface area (Å²) in [4.78, 5) is 1.38. The highest BCUT2D eigenvalue weighted by atomic mass is 19.4. The molecule has 1 atom stereocenters. The zero-order valence-electron chi connectivity index (χ0n) is 15.6. The van der Waals surface area contributed by atoms with E-state index in [9.17, 15) is 22.0 Å². The van der Waals surface area contributed by atoms with Gasteiger partial charge in [0, 0.05) is 29.1 Å². The lowest BCUT2D eigenvalue weighted by atomic mass is 10.0. The fourth-order valence-electron chi connectivity index (χ4n) is 3.11. The second-order valence-electron chi connectivity index (χ2n) is 6.44. The highest BCUT2D eigenvalue weighted by molar-refractivity contribution is 5.67. The third-order valence-electron chi connectivity index (χ3n) is 4.52. The number of nitrogens with zero attached hydrogens (tertiary/aromatic N) is 1. The maximum Gasteiger partial charge on any atom is 0.416 e. The maximum absolute atomic E-state index is 14.0. The topological polar surface area (TPSA) is 29.3 Å². The van der Waals surface area contributed by atoms with Gasteiger partial charge in [0.15, 0.2) is 0 Å². The summed E-state index contributed by atoms with van der Waals surface area (Å²) in [5.74, 6) is -1.41. The van der Waals surface area contributed by atoms with Gasteiger partial charge in [-0.1, -0.05) is 36.9 Å². The number of rotatable bonds is 5. The predicted molar refractivity (Wildman–Crippen MR) is 106 cm³/mol. The molecular formula is C23H17F5N2. The van der Waals surface area contributed by atoms with E-state index >= 15 is 0 Å². The van der Waals surface area contributed by atoms with E-state index in [1.54, 1.807) is 24.3 Å². The van der Waals surface area contributed by atoms with Gasteiger partial charge in [0.1, 0.15) is 17.8 Å². The van der Waals surface area contributed by atoms with Crippen molar-refractivity contribution in [3.63, 3.8) is 0 Å². The Balaban J connectivity index is 1.99. The first kappa shape index (κ1) is 21.3. The summed E-state index contributed by atoms with van der Waals surface area (Å²) >= 11 is 0. The molecule has 0 aliphatic carbocycles. The molecule has 0 aliphatic rings. The van der Waals surface area contributed by atoms with Gasteiger partial charge >= 0.3 is 6.18 Å². The van der Waals surface area contributed by atoms with Gasteiger partial charge in [0.25, 0.3) is 0 Å². The Morgan fingerprint density at radius 1 is 0.967 bits per heavy atom. The van der Waals surface area contributed by atoms with Crippen molar-refractivity contribution in [1.82, 2.24) is 0 Å². The number of hydrogen-bond acceptors (Lipinski definition) is 2. The molecule has 1 unspecified atom stereocenters. The molecule has 0 saturated carbocycles. The molecule has 7 heteroatoms. The molecular weight excluding hydrogens is 399 g/mol. The lowest BCUT2D eigenvalue weighted by molar-refractivity contribution is -0.138. The maximum atomic E-state index is 14.0. The van der Waals surface area contributed by atoms with E-state index in [1.165, 1.54) is 35.4 Å². The Morgan fingerprint density at radius 3 is 2.23 bits per heavy atom. The molecule has 0 aliphatic heterocycles. The van der Waals surface area contributed by atoms with Crippen molar-refractivity contribution in [2.75, 3.05) is 4.90 Å². The number of alkyl halides is 3. The molecule has 0 amide bonds. The fraction of sp³-hybridized carbons (Fsp3) is 0.0870. The first-order valence-corrected chi connectivity index (χ1v) is 8.84. The second-order valence-corrected chi connectivity index (χ2v) is 6.44. The van der Waals surface area contributed by atoms with Crippen molar-refractivity contribution in [3.05, 3.63) is 108 Å². The summed E-state index contributed by atoms with van der Waals surface area (Å²) < 4.78 is 67.3. The Bertz CT molecular complexity index is 1080. The number of benzene rings is 3. The largest absolute Gasteiger partial charge is 0.416 e. The molecule has 0 saturated heterocycles. The lowest BCUT2D eigenvalue weighted by Gasteiger charge is -2.29. The molecule has 2 N–H and O–H groups in total. The Morgan fingerprint density at radius 2 is 1.63 bits per heavy atom. The van der Waals surface area contributed by atoms with Crippen LogP contribution in [0.25, 0.3) is 11.1 Å². The van der Waals surface area contributed by atoms with Crippen LogP contribution in [0, 0.1) is 11.6 Å². The normalized spacial score (nSPS) is 12.2. The minimum Gasteiger partial charge on any atom is -0.321 e. The van der Waals surface area contributed by atoms with E-state index in [0.29, 0.717) is 11.3 Å². The van der Waals surface area contributed by atoms with Crippen molar-refractivity contribution < 1.29 is 22.0 Å². The third kappa shape index (κ3) is 4.43. The zero-order chi connectivity index (χ0) is 21.9. The van der Waals surface area contributed by atoms with Gasteiger partial charge in [-0.2, -0.15) is 13.2 Å². The highest BCUT2D eigenvalue weighted by Gasteiger charge is 2.35. The van der Waals surface area contributed by atoms with Crippen LogP contribution in [0.15, 0.2) is 85.2 Å². The van der Waals surface area contributed by atoms with Crippen LogP contribution >= 0.6 is 0 Å². The van der Waals surface area contributed by atoms with Gasteiger partial charge in [-0.05, 0) is 35.9 Å². The first-order valence-electron chi connectivity index (χ1n) is 8.84. The van der Waals surface area contributed by atoms with Crippen LogP contribution in [-0.4, -0.2) is 0 Å². The smallest absolute Gasteiger partial charge is 0.321 e. The summed E-state index contributed by atoms with van der Waals surface area (Å²) in [5.41, 5.74) is 8.85. The van der Waals surface area contributed by atoms with Gasteiger partial charge in [-0.15, -0.1) is 5.73 Å². The average molecular weight is 416 g/mol. The molecule has 30 heavy (non-hydrogen) atoms. The summed E-state index contributed by atoms with van der Waals surface area (Å²) in [6, 6.07) is 14.5. The molecule has 0 bridgehead atoms. The summed E-state index contributed by atoms with van der Waals surface area (Å²) in [6.07, 6.45) is -4.40. The van der Waals surface area contributed by atoms with Crippen molar-refractivity contribution in [2.45, 2.75) is 12.3 Å². The molecule has 3 aromatic rings. The van der Waals surface area contributed by atoms with Crippen molar-refractivity contribution in [3.8, 4) is 11.1 Å². The quantitative estimate of drug-likeness (QED) is 0.296. The molecule has 0 aromatic heterocycles. The molecule has 154 valence electrons. The Labute approximate surface area is 170 Å². The van der Waals surface area contributed by atoms with Gasteiger partial charge in [-0.25, -0.2) is 8.78 Å². The van der Waals surface area contributed by atoms with Crippen LogP contribution in [0.3, 0.4) is 0 Å². The number of halogens is 5. The van der Waals surface area contributed by atoms with E-state index in [4.69, 9.17) is 5.73 Å². The molecule has 0 fully saturated rings. The summed E-state index contributed by atoms with van der Waals surface area (Å²) in [6.45, 7) is 3.47. The Kier molecular flexibility index (Phi) is 6.06. The fourth-order valence-corrected chi connectivity index (χ4v) is 3.11. The van der Waals surface area contributed by atoms with Crippen molar-refractivity contribution in [1.29, 1.82) is 0 Å². The highest BCUT2D eigenvalue weighted by Crippen LogP contribution is 2.36. The predicted octanol–water partition coefficient (Wildman–Crippen LogP) is 6.41. The third-order valence-corrected chi connectivity index (χ3v) is 4.52. The second kappa shape index (κ2) is 8.53. The minimum atomic E-state index is -4.57. The summed E-state index contributed by atoms with van der Waals surface area (Å²) in [7, 11) is 0. The number of anilines is 1. The van der Waals surface area contributed by atoms with Gasteiger partial charge in [-0.3, -0.25) is 0 Å². The van der Waals surface area contributed by atoms with E-state index in [2.05, 4.69) is 12.3 Å². The SMILES string of the molecule is C=C=CN(c1ccc(-c2ccc(F)cc2F)cc1)C(N)c1ccccc1C(F)(F)F.